The van der Waals surface area contributed by atoms with Crippen LogP contribution in [0.1, 0.15) is 51.1 Å². The Balaban J connectivity index is 1.75. The van der Waals surface area contributed by atoms with Gasteiger partial charge in [-0.05, 0) is 67.6 Å². The average molecular weight is 373 g/mol. The summed E-state index contributed by atoms with van der Waals surface area (Å²) in [5.41, 5.74) is 6.43. The zero-order valence-corrected chi connectivity index (χ0v) is 17.0. The van der Waals surface area contributed by atoms with E-state index in [4.69, 9.17) is 4.74 Å². The summed E-state index contributed by atoms with van der Waals surface area (Å²) < 4.78 is 5.93. The Morgan fingerprint density at radius 1 is 0.893 bits per heavy atom. The van der Waals surface area contributed by atoms with E-state index >= 15 is 0 Å². The molecular weight excluding hydrogens is 346 g/mol. The first-order chi connectivity index (χ1) is 13.5. The standard InChI is InChI=1S/C25H27NO2/c1-17-14-19(3)23(15-18(17)2)20(4)26-25(27)22-12-8-9-13-24(22)28-16-21-10-6-5-7-11-21/h5-15,20H,16H2,1-4H3,(H,26,27)/t20-/m1/s1. The largest absolute Gasteiger partial charge is 0.488 e. The van der Waals surface area contributed by atoms with Crippen molar-refractivity contribution in [2.75, 3.05) is 0 Å². The Morgan fingerprint density at radius 2 is 1.54 bits per heavy atom. The molecule has 0 radical (unpaired) electrons. The summed E-state index contributed by atoms with van der Waals surface area (Å²) in [5, 5.41) is 3.12. The van der Waals surface area contributed by atoms with Crippen LogP contribution in [-0.4, -0.2) is 5.91 Å². The van der Waals surface area contributed by atoms with Gasteiger partial charge < -0.3 is 10.1 Å². The second-order valence-corrected chi connectivity index (χ2v) is 7.26. The molecule has 3 heteroatoms. The van der Waals surface area contributed by atoms with Gasteiger partial charge in [0.05, 0.1) is 11.6 Å². The van der Waals surface area contributed by atoms with Crippen molar-refractivity contribution in [2.45, 2.75) is 40.3 Å². The van der Waals surface area contributed by atoms with Crippen molar-refractivity contribution in [1.29, 1.82) is 0 Å². The molecule has 0 saturated carbocycles. The van der Waals surface area contributed by atoms with E-state index in [1.54, 1.807) is 6.07 Å². The van der Waals surface area contributed by atoms with Crippen LogP contribution < -0.4 is 10.1 Å². The fourth-order valence-corrected chi connectivity index (χ4v) is 3.32. The summed E-state index contributed by atoms with van der Waals surface area (Å²) in [6.07, 6.45) is 0. The van der Waals surface area contributed by atoms with Crippen molar-refractivity contribution in [3.63, 3.8) is 0 Å². The quantitative estimate of drug-likeness (QED) is 0.603. The van der Waals surface area contributed by atoms with E-state index in [1.165, 1.54) is 16.7 Å². The van der Waals surface area contributed by atoms with Gasteiger partial charge in [0.2, 0.25) is 0 Å². The van der Waals surface area contributed by atoms with Crippen molar-refractivity contribution < 1.29 is 9.53 Å². The van der Waals surface area contributed by atoms with Crippen LogP contribution in [0.4, 0.5) is 0 Å². The molecule has 0 heterocycles. The lowest BCUT2D eigenvalue weighted by molar-refractivity contribution is 0.0935. The predicted molar refractivity (Wildman–Crippen MR) is 114 cm³/mol. The highest BCUT2D eigenvalue weighted by atomic mass is 16.5. The van der Waals surface area contributed by atoms with Crippen LogP contribution in [-0.2, 0) is 6.61 Å². The number of para-hydroxylation sites is 1. The molecular formula is C25H27NO2. The summed E-state index contributed by atoms with van der Waals surface area (Å²) in [6, 6.07) is 21.6. The zero-order chi connectivity index (χ0) is 20.1. The minimum Gasteiger partial charge on any atom is -0.488 e. The average Bonchev–Trinajstić information content (AvgIpc) is 2.70. The first-order valence-corrected chi connectivity index (χ1v) is 9.60. The van der Waals surface area contributed by atoms with E-state index in [9.17, 15) is 4.79 Å². The number of hydrogen-bond donors (Lipinski definition) is 1. The highest BCUT2D eigenvalue weighted by Crippen LogP contribution is 2.24. The molecule has 0 aliphatic heterocycles. The maximum atomic E-state index is 12.9. The first kappa shape index (κ1) is 19.7. The molecule has 0 aliphatic rings. The number of hydrogen-bond acceptors (Lipinski definition) is 2. The number of nitrogens with one attached hydrogen (secondary N) is 1. The van der Waals surface area contributed by atoms with Crippen LogP contribution in [0.2, 0.25) is 0 Å². The summed E-state index contributed by atoms with van der Waals surface area (Å²) in [5.74, 6) is 0.460. The third-order valence-electron chi connectivity index (χ3n) is 5.07. The lowest BCUT2D eigenvalue weighted by Crippen LogP contribution is -2.27. The fraction of sp³-hybridized carbons (Fsp3) is 0.240. The molecule has 1 N–H and O–H groups in total. The van der Waals surface area contributed by atoms with Gasteiger partial charge in [-0.25, -0.2) is 0 Å². The van der Waals surface area contributed by atoms with Crippen molar-refractivity contribution in [1.82, 2.24) is 5.32 Å². The van der Waals surface area contributed by atoms with E-state index in [-0.39, 0.29) is 11.9 Å². The van der Waals surface area contributed by atoms with Crippen LogP contribution in [0, 0.1) is 20.8 Å². The minimum absolute atomic E-state index is 0.0889. The molecule has 28 heavy (non-hydrogen) atoms. The lowest BCUT2D eigenvalue weighted by atomic mass is 9.96. The number of carbonyl (C=O) groups is 1. The van der Waals surface area contributed by atoms with E-state index in [0.29, 0.717) is 17.9 Å². The molecule has 1 amide bonds. The summed E-state index contributed by atoms with van der Waals surface area (Å²) in [6.45, 7) is 8.73. The van der Waals surface area contributed by atoms with Gasteiger partial charge in [0.15, 0.2) is 0 Å². The molecule has 0 spiro atoms. The van der Waals surface area contributed by atoms with Gasteiger partial charge in [0, 0.05) is 0 Å². The van der Waals surface area contributed by atoms with Crippen molar-refractivity contribution in [2.24, 2.45) is 0 Å². The molecule has 0 bridgehead atoms. The van der Waals surface area contributed by atoms with Gasteiger partial charge in [-0.2, -0.15) is 0 Å². The second kappa shape index (κ2) is 8.75. The SMILES string of the molecule is Cc1cc(C)c([C@@H](C)NC(=O)c2ccccc2OCc2ccccc2)cc1C. The molecule has 0 saturated heterocycles. The summed E-state index contributed by atoms with van der Waals surface area (Å²) in [7, 11) is 0. The highest BCUT2D eigenvalue weighted by molar-refractivity contribution is 5.97. The maximum absolute atomic E-state index is 12.9. The van der Waals surface area contributed by atoms with Gasteiger partial charge in [-0.1, -0.05) is 54.6 Å². The number of aryl methyl sites for hydroxylation is 3. The summed E-state index contributed by atoms with van der Waals surface area (Å²) >= 11 is 0. The van der Waals surface area contributed by atoms with Gasteiger partial charge in [-0.3, -0.25) is 4.79 Å². The van der Waals surface area contributed by atoms with Crippen LogP contribution in [0.3, 0.4) is 0 Å². The van der Waals surface area contributed by atoms with Gasteiger partial charge in [0.1, 0.15) is 12.4 Å². The number of rotatable bonds is 6. The molecule has 3 rings (SSSR count). The maximum Gasteiger partial charge on any atom is 0.255 e. The van der Waals surface area contributed by atoms with Crippen molar-refractivity contribution >= 4 is 5.91 Å². The Morgan fingerprint density at radius 3 is 2.29 bits per heavy atom. The van der Waals surface area contributed by atoms with Crippen LogP contribution in [0.25, 0.3) is 0 Å². The molecule has 0 aromatic heterocycles. The molecule has 1 atom stereocenters. The number of amides is 1. The van der Waals surface area contributed by atoms with E-state index in [0.717, 1.165) is 11.1 Å². The number of carbonyl (C=O) groups excluding carboxylic acids is 1. The smallest absolute Gasteiger partial charge is 0.255 e. The summed E-state index contributed by atoms with van der Waals surface area (Å²) in [4.78, 5) is 12.9. The molecule has 0 fully saturated rings. The Bertz CT molecular complexity index is 964. The second-order valence-electron chi connectivity index (χ2n) is 7.26. The first-order valence-electron chi connectivity index (χ1n) is 9.60. The van der Waals surface area contributed by atoms with Crippen LogP contribution in [0.15, 0.2) is 66.7 Å². The third kappa shape index (κ3) is 4.61. The molecule has 0 aliphatic carbocycles. The lowest BCUT2D eigenvalue weighted by Gasteiger charge is -2.19. The molecule has 3 aromatic rings. The van der Waals surface area contributed by atoms with Crippen molar-refractivity contribution in [3.05, 3.63) is 100 Å². The molecule has 144 valence electrons. The van der Waals surface area contributed by atoms with E-state index < -0.39 is 0 Å². The topological polar surface area (TPSA) is 38.3 Å². The van der Waals surface area contributed by atoms with Crippen LogP contribution >= 0.6 is 0 Å². The van der Waals surface area contributed by atoms with Gasteiger partial charge >= 0.3 is 0 Å². The molecule has 0 unspecified atom stereocenters. The minimum atomic E-state index is -0.131. The van der Waals surface area contributed by atoms with E-state index in [1.807, 2.05) is 55.5 Å². The normalized spacial score (nSPS) is 11.7. The number of ether oxygens (including phenoxy) is 1. The molecule has 3 aromatic carbocycles. The highest BCUT2D eigenvalue weighted by Gasteiger charge is 2.17. The van der Waals surface area contributed by atoms with Gasteiger partial charge in [0.25, 0.3) is 5.91 Å². The monoisotopic (exact) mass is 373 g/mol. The third-order valence-corrected chi connectivity index (χ3v) is 5.07. The predicted octanol–water partition coefficient (Wildman–Crippen LogP) is 5.68. The Labute approximate surface area is 167 Å². The Kier molecular flexibility index (Phi) is 6.15. The van der Waals surface area contributed by atoms with Crippen molar-refractivity contribution in [3.8, 4) is 5.75 Å². The fourth-order valence-electron chi connectivity index (χ4n) is 3.32. The van der Waals surface area contributed by atoms with Gasteiger partial charge in [-0.15, -0.1) is 0 Å². The zero-order valence-electron chi connectivity index (χ0n) is 17.0. The molecule has 3 nitrogen and oxygen atoms in total. The number of benzene rings is 3. The Hall–Kier alpha value is -3.07. The van der Waals surface area contributed by atoms with Crippen LogP contribution in [0.5, 0.6) is 5.75 Å². The van der Waals surface area contributed by atoms with E-state index in [2.05, 4.69) is 38.2 Å².